The Bertz CT molecular complexity index is 1050. The molecule has 0 radical (unpaired) electrons. The van der Waals surface area contributed by atoms with Crippen LogP contribution in [0, 0.1) is 13.8 Å². The lowest BCUT2D eigenvalue weighted by molar-refractivity contribution is -0.141. The number of aromatic nitrogens is 1. The first-order valence-corrected chi connectivity index (χ1v) is 9.40. The molecule has 0 saturated heterocycles. The third kappa shape index (κ3) is 4.69. The van der Waals surface area contributed by atoms with Gasteiger partial charge in [0.2, 0.25) is 5.78 Å². The van der Waals surface area contributed by atoms with Crippen molar-refractivity contribution in [1.29, 1.82) is 0 Å². The standard InChI is InChI=1S/C24H23NO4/c1-15-23(17(3)26)16(2)25-24(15)21(27)14-29-22(28)13-18-9-11-20(12-10-18)19-7-5-4-6-8-19/h4-12,25H,13-14H2,1-3H3. The van der Waals surface area contributed by atoms with E-state index in [2.05, 4.69) is 4.98 Å². The smallest absolute Gasteiger partial charge is 0.310 e. The highest BCUT2D eigenvalue weighted by molar-refractivity contribution is 6.04. The van der Waals surface area contributed by atoms with Gasteiger partial charge in [0.15, 0.2) is 12.4 Å². The van der Waals surface area contributed by atoms with Gasteiger partial charge >= 0.3 is 5.97 Å². The maximum atomic E-state index is 12.4. The van der Waals surface area contributed by atoms with E-state index in [1.807, 2.05) is 54.6 Å². The largest absolute Gasteiger partial charge is 0.457 e. The van der Waals surface area contributed by atoms with E-state index >= 15 is 0 Å². The normalized spacial score (nSPS) is 10.6. The number of H-pyrrole nitrogens is 1. The van der Waals surface area contributed by atoms with Crippen LogP contribution < -0.4 is 0 Å². The van der Waals surface area contributed by atoms with E-state index in [-0.39, 0.29) is 24.6 Å². The minimum absolute atomic E-state index is 0.0871. The number of esters is 1. The van der Waals surface area contributed by atoms with Crippen molar-refractivity contribution in [2.24, 2.45) is 0 Å². The molecule has 0 aliphatic carbocycles. The number of carbonyl (C=O) groups is 3. The average molecular weight is 389 g/mol. The number of aryl methyl sites for hydroxylation is 1. The summed E-state index contributed by atoms with van der Waals surface area (Å²) >= 11 is 0. The molecule has 148 valence electrons. The van der Waals surface area contributed by atoms with Crippen molar-refractivity contribution in [3.05, 3.63) is 82.7 Å². The predicted octanol–water partition coefficient (Wildman–Crippen LogP) is 4.47. The Kier molecular flexibility index (Phi) is 6.07. The van der Waals surface area contributed by atoms with Crippen LogP contribution in [0.1, 0.15) is 44.6 Å². The summed E-state index contributed by atoms with van der Waals surface area (Å²) in [7, 11) is 0. The zero-order valence-corrected chi connectivity index (χ0v) is 16.7. The Morgan fingerprint density at radius 1 is 0.897 bits per heavy atom. The van der Waals surface area contributed by atoms with Crippen molar-refractivity contribution < 1.29 is 19.1 Å². The highest BCUT2D eigenvalue weighted by Crippen LogP contribution is 2.20. The van der Waals surface area contributed by atoms with Crippen LogP contribution >= 0.6 is 0 Å². The molecule has 1 heterocycles. The van der Waals surface area contributed by atoms with Gasteiger partial charge in [-0.15, -0.1) is 0 Å². The Hall–Kier alpha value is -3.47. The van der Waals surface area contributed by atoms with Crippen LogP contribution in [0.15, 0.2) is 54.6 Å². The molecule has 0 spiro atoms. The number of ether oxygens (including phenoxy) is 1. The van der Waals surface area contributed by atoms with E-state index in [1.54, 1.807) is 13.8 Å². The van der Waals surface area contributed by atoms with Crippen molar-refractivity contribution in [2.45, 2.75) is 27.2 Å². The molecule has 29 heavy (non-hydrogen) atoms. The van der Waals surface area contributed by atoms with E-state index in [1.165, 1.54) is 6.92 Å². The molecule has 0 fully saturated rings. The number of aromatic amines is 1. The lowest BCUT2D eigenvalue weighted by Gasteiger charge is -2.06. The molecule has 0 aliphatic heterocycles. The first-order chi connectivity index (χ1) is 13.9. The summed E-state index contributed by atoms with van der Waals surface area (Å²) in [6.45, 7) is 4.55. The SMILES string of the molecule is CC(=O)c1c(C)[nH]c(C(=O)COC(=O)Cc2ccc(-c3ccccc3)cc2)c1C. The second-order valence-corrected chi connectivity index (χ2v) is 7.00. The van der Waals surface area contributed by atoms with Crippen molar-refractivity contribution in [2.75, 3.05) is 6.61 Å². The monoisotopic (exact) mass is 389 g/mol. The molecule has 2 aromatic carbocycles. The highest BCUT2D eigenvalue weighted by Gasteiger charge is 2.20. The molecule has 5 heteroatoms. The third-order valence-electron chi connectivity index (χ3n) is 4.84. The summed E-state index contributed by atoms with van der Waals surface area (Å²) in [6, 6.07) is 17.6. The summed E-state index contributed by atoms with van der Waals surface area (Å²) in [6.07, 6.45) is 0.0871. The number of rotatable bonds is 7. The summed E-state index contributed by atoms with van der Waals surface area (Å²) in [5, 5.41) is 0. The van der Waals surface area contributed by atoms with Crippen LogP contribution in [0.4, 0.5) is 0 Å². The van der Waals surface area contributed by atoms with Crippen molar-refractivity contribution in [3.63, 3.8) is 0 Å². The predicted molar refractivity (Wildman–Crippen MR) is 111 cm³/mol. The van der Waals surface area contributed by atoms with Gasteiger partial charge in [0, 0.05) is 11.3 Å². The summed E-state index contributed by atoms with van der Waals surface area (Å²) in [5.41, 5.74) is 5.04. The minimum Gasteiger partial charge on any atom is -0.457 e. The fourth-order valence-electron chi connectivity index (χ4n) is 3.44. The Morgan fingerprint density at radius 2 is 1.52 bits per heavy atom. The molecular weight excluding hydrogens is 366 g/mol. The van der Waals surface area contributed by atoms with Gasteiger partial charge in [-0.1, -0.05) is 54.6 Å². The van der Waals surface area contributed by atoms with E-state index in [0.717, 1.165) is 16.7 Å². The van der Waals surface area contributed by atoms with E-state index in [4.69, 9.17) is 4.74 Å². The topological polar surface area (TPSA) is 76.2 Å². The quantitative estimate of drug-likeness (QED) is 0.478. The molecule has 3 aromatic rings. The highest BCUT2D eigenvalue weighted by atomic mass is 16.5. The van der Waals surface area contributed by atoms with Crippen LogP contribution in [-0.2, 0) is 16.0 Å². The number of benzene rings is 2. The molecule has 0 aliphatic rings. The van der Waals surface area contributed by atoms with Gasteiger partial charge < -0.3 is 9.72 Å². The number of nitrogens with one attached hydrogen (secondary N) is 1. The molecule has 0 unspecified atom stereocenters. The fourth-order valence-corrected chi connectivity index (χ4v) is 3.44. The fraction of sp³-hybridized carbons (Fsp3) is 0.208. The van der Waals surface area contributed by atoms with Crippen molar-refractivity contribution in [3.8, 4) is 11.1 Å². The lowest BCUT2D eigenvalue weighted by Crippen LogP contribution is -2.16. The van der Waals surface area contributed by atoms with Gasteiger partial charge in [-0.05, 0) is 43.0 Å². The number of hydrogen-bond acceptors (Lipinski definition) is 4. The second kappa shape index (κ2) is 8.69. The first kappa shape index (κ1) is 20.3. The first-order valence-electron chi connectivity index (χ1n) is 9.40. The number of carbonyl (C=O) groups excluding carboxylic acids is 3. The van der Waals surface area contributed by atoms with Crippen LogP contribution in [0.2, 0.25) is 0 Å². The zero-order valence-electron chi connectivity index (χ0n) is 16.7. The van der Waals surface area contributed by atoms with E-state index in [0.29, 0.717) is 22.5 Å². The zero-order chi connectivity index (χ0) is 21.0. The molecule has 0 bridgehead atoms. The van der Waals surface area contributed by atoms with Gasteiger partial charge in [-0.3, -0.25) is 14.4 Å². The van der Waals surface area contributed by atoms with Crippen molar-refractivity contribution in [1.82, 2.24) is 4.98 Å². The molecule has 5 nitrogen and oxygen atoms in total. The minimum atomic E-state index is -0.474. The second-order valence-electron chi connectivity index (χ2n) is 7.00. The van der Waals surface area contributed by atoms with Gasteiger partial charge in [-0.25, -0.2) is 0 Å². The number of hydrogen-bond donors (Lipinski definition) is 1. The van der Waals surface area contributed by atoms with E-state index < -0.39 is 5.97 Å². The lowest BCUT2D eigenvalue weighted by atomic mass is 10.0. The summed E-state index contributed by atoms with van der Waals surface area (Å²) < 4.78 is 5.15. The van der Waals surface area contributed by atoms with E-state index in [9.17, 15) is 14.4 Å². The molecule has 0 saturated carbocycles. The van der Waals surface area contributed by atoms with Crippen LogP contribution in [0.5, 0.6) is 0 Å². The Balaban J connectivity index is 1.58. The Labute approximate surface area is 169 Å². The molecule has 0 amide bonds. The van der Waals surface area contributed by atoms with Gasteiger partial charge in [0.25, 0.3) is 0 Å². The molecule has 1 aromatic heterocycles. The number of Topliss-reactive ketones (excluding diaryl/α,β-unsaturated/α-hetero) is 2. The van der Waals surface area contributed by atoms with Crippen LogP contribution in [0.3, 0.4) is 0 Å². The van der Waals surface area contributed by atoms with Crippen LogP contribution in [0.25, 0.3) is 11.1 Å². The summed E-state index contributed by atoms with van der Waals surface area (Å²) in [4.78, 5) is 39.1. The molecule has 3 rings (SSSR count). The molecule has 1 N–H and O–H groups in total. The maximum Gasteiger partial charge on any atom is 0.310 e. The van der Waals surface area contributed by atoms with Gasteiger partial charge in [-0.2, -0.15) is 0 Å². The van der Waals surface area contributed by atoms with Crippen molar-refractivity contribution >= 4 is 17.5 Å². The van der Waals surface area contributed by atoms with Gasteiger partial charge in [0.1, 0.15) is 0 Å². The maximum absolute atomic E-state index is 12.4. The summed E-state index contributed by atoms with van der Waals surface area (Å²) in [5.74, 6) is -0.935. The average Bonchev–Trinajstić information content (AvgIpc) is 3.01. The third-order valence-corrected chi connectivity index (χ3v) is 4.84. The van der Waals surface area contributed by atoms with Crippen LogP contribution in [-0.4, -0.2) is 29.1 Å². The molecular formula is C24H23NO4. The Morgan fingerprint density at radius 3 is 2.10 bits per heavy atom. The molecule has 0 atom stereocenters. The number of ketones is 2. The van der Waals surface area contributed by atoms with Gasteiger partial charge in [0.05, 0.1) is 12.1 Å².